The number of carbonyl (C=O) groups excluding carboxylic acids is 1. The predicted octanol–water partition coefficient (Wildman–Crippen LogP) is 1.32. The van der Waals surface area contributed by atoms with Gasteiger partial charge in [-0.25, -0.2) is 0 Å². The molecule has 5 nitrogen and oxygen atoms in total. The third-order valence-corrected chi connectivity index (χ3v) is 2.47. The zero-order chi connectivity index (χ0) is 13.5. The molecule has 0 aliphatic rings. The number of para-hydroxylation sites is 1. The molecular weight excluding hydrogens is 232 g/mol. The number of carboxylic acid groups (broad SMARTS) is 1. The number of rotatable bonds is 6. The lowest BCUT2D eigenvalue weighted by Gasteiger charge is -2.17. The van der Waals surface area contributed by atoms with Crippen LogP contribution in [0.5, 0.6) is 0 Å². The van der Waals surface area contributed by atoms with E-state index in [1.54, 1.807) is 26.0 Å². The van der Waals surface area contributed by atoms with E-state index in [9.17, 15) is 9.59 Å². The summed E-state index contributed by atoms with van der Waals surface area (Å²) >= 11 is 0. The van der Waals surface area contributed by atoms with Crippen LogP contribution in [0.1, 0.15) is 13.8 Å². The SMILES string of the molecule is CC(C)C(NCC(=O)Nc1ccccc1)C(=O)O. The van der Waals surface area contributed by atoms with Crippen LogP contribution < -0.4 is 10.6 Å². The van der Waals surface area contributed by atoms with Gasteiger partial charge in [-0.2, -0.15) is 0 Å². The molecule has 0 heterocycles. The van der Waals surface area contributed by atoms with Crippen LogP contribution in [0.4, 0.5) is 5.69 Å². The standard InChI is InChI=1S/C13H18N2O3/c1-9(2)12(13(17)18)14-8-11(16)15-10-6-4-3-5-7-10/h3-7,9,12,14H,8H2,1-2H3,(H,15,16)(H,17,18). The highest BCUT2D eigenvalue weighted by atomic mass is 16.4. The summed E-state index contributed by atoms with van der Waals surface area (Å²) in [5, 5.41) is 14.4. The van der Waals surface area contributed by atoms with Gasteiger partial charge in [0.25, 0.3) is 0 Å². The minimum absolute atomic E-state index is 0.0238. The number of benzene rings is 1. The molecule has 1 atom stereocenters. The van der Waals surface area contributed by atoms with E-state index in [0.29, 0.717) is 5.69 Å². The molecule has 0 bridgehead atoms. The first-order valence-electron chi connectivity index (χ1n) is 5.82. The van der Waals surface area contributed by atoms with Crippen LogP contribution in [0.2, 0.25) is 0 Å². The summed E-state index contributed by atoms with van der Waals surface area (Å²) in [4.78, 5) is 22.5. The second-order valence-electron chi connectivity index (χ2n) is 4.36. The Morgan fingerprint density at radius 2 is 1.83 bits per heavy atom. The lowest BCUT2D eigenvalue weighted by Crippen LogP contribution is -2.44. The van der Waals surface area contributed by atoms with Gasteiger partial charge in [0.05, 0.1) is 6.54 Å². The number of carboxylic acids is 1. The molecule has 1 rings (SSSR count). The van der Waals surface area contributed by atoms with E-state index >= 15 is 0 Å². The van der Waals surface area contributed by atoms with Crippen LogP contribution in [-0.2, 0) is 9.59 Å². The van der Waals surface area contributed by atoms with Gasteiger partial charge in [0.15, 0.2) is 0 Å². The van der Waals surface area contributed by atoms with Crippen molar-refractivity contribution < 1.29 is 14.7 Å². The molecule has 0 aliphatic carbocycles. The second-order valence-corrected chi connectivity index (χ2v) is 4.36. The van der Waals surface area contributed by atoms with Crippen LogP contribution in [0.25, 0.3) is 0 Å². The quantitative estimate of drug-likeness (QED) is 0.711. The van der Waals surface area contributed by atoms with E-state index in [-0.39, 0.29) is 18.4 Å². The average molecular weight is 250 g/mol. The van der Waals surface area contributed by atoms with Crippen molar-refractivity contribution in [1.82, 2.24) is 5.32 Å². The Morgan fingerprint density at radius 1 is 1.22 bits per heavy atom. The number of carbonyl (C=O) groups is 2. The van der Waals surface area contributed by atoms with Gasteiger partial charge in [-0.1, -0.05) is 32.0 Å². The molecule has 0 fully saturated rings. The Bertz CT molecular complexity index is 404. The molecule has 98 valence electrons. The Morgan fingerprint density at radius 3 is 2.33 bits per heavy atom. The van der Waals surface area contributed by atoms with E-state index in [0.717, 1.165) is 0 Å². The molecule has 0 radical (unpaired) electrons. The highest BCUT2D eigenvalue weighted by molar-refractivity contribution is 5.92. The summed E-state index contributed by atoms with van der Waals surface area (Å²) in [5.74, 6) is -1.28. The fraction of sp³-hybridized carbons (Fsp3) is 0.385. The number of aliphatic carboxylic acids is 1. The topological polar surface area (TPSA) is 78.4 Å². The summed E-state index contributed by atoms with van der Waals surface area (Å²) in [7, 11) is 0. The molecule has 1 aromatic carbocycles. The molecule has 0 spiro atoms. The fourth-order valence-corrected chi connectivity index (χ4v) is 1.54. The molecule has 1 unspecified atom stereocenters. The monoisotopic (exact) mass is 250 g/mol. The van der Waals surface area contributed by atoms with Gasteiger partial charge in [-0.3, -0.25) is 14.9 Å². The van der Waals surface area contributed by atoms with Gasteiger partial charge in [0, 0.05) is 5.69 Å². The van der Waals surface area contributed by atoms with Crippen LogP contribution in [0.15, 0.2) is 30.3 Å². The Hall–Kier alpha value is -1.88. The van der Waals surface area contributed by atoms with Crippen LogP contribution in [0, 0.1) is 5.92 Å². The minimum Gasteiger partial charge on any atom is -0.480 e. The summed E-state index contributed by atoms with van der Waals surface area (Å²) < 4.78 is 0. The summed E-state index contributed by atoms with van der Waals surface area (Å²) in [6.45, 7) is 3.56. The van der Waals surface area contributed by atoms with E-state index < -0.39 is 12.0 Å². The van der Waals surface area contributed by atoms with Crippen molar-refractivity contribution in [2.45, 2.75) is 19.9 Å². The third kappa shape index (κ3) is 4.55. The average Bonchev–Trinajstić information content (AvgIpc) is 2.29. The van der Waals surface area contributed by atoms with Crippen LogP contribution in [0.3, 0.4) is 0 Å². The Kier molecular flexibility index (Phi) is 5.32. The second kappa shape index (κ2) is 6.76. The lowest BCUT2D eigenvalue weighted by molar-refractivity contribution is -0.140. The summed E-state index contributed by atoms with van der Waals surface area (Å²) in [6, 6.07) is 8.32. The molecule has 18 heavy (non-hydrogen) atoms. The third-order valence-electron chi connectivity index (χ3n) is 2.47. The van der Waals surface area contributed by atoms with Gasteiger partial charge >= 0.3 is 5.97 Å². The zero-order valence-corrected chi connectivity index (χ0v) is 10.5. The molecule has 0 saturated carbocycles. The highest BCUT2D eigenvalue weighted by Gasteiger charge is 2.21. The van der Waals surface area contributed by atoms with Crippen LogP contribution in [-0.4, -0.2) is 29.6 Å². The van der Waals surface area contributed by atoms with Crippen molar-refractivity contribution in [3.8, 4) is 0 Å². The maximum absolute atomic E-state index is 11.6. The maximum atomic E-state index is 11.6. The minimum atomic E-state index is -0.947. The normalized spacial score (nSPS) is 12.2. The van der Waals surface area contributed by atoms with Crippen molar-refractivity contribution in [2.24, 2.45) is 5.92 Å². The predicted molar refractivity (Wildman–Crippen MR) is 69.3 cm³/mol. The van der Waals surface area contributed by atoms with Gasteiger partial charge in [-0.15, -0.1) is 0 Å². The first kappa shape index (κ1) is 14.2. The molecule has 3 N–H and O–H groups in total. The van der Waals surface area contributed by atoms with E-state index in [1.807, 2.05) is 18.2 Å². The zero-order valence-electron chi connectivity index (χ0n) is 10.5. The van der Waals surface area contributed by atoms with Crippen molar-refractivity contribution in [3.63, 3.8) is 0 Å². The maximum Gasteiger partial charge on any atom is 0.320 e. The van der Waals surface area contributed by atoms with Crippen molar-refractivity contribution >= 4 is 17.6 Å². The van der Waals surface area contributed by atoms with Crippen molar-refractivity contribution in [1.29, 1.82) is 0 Å². The molecule has 1 aromatic rings. The molecule has 1 amide bonds. The van der Waals surface area contributed by atoms with Crippen molar-refractivity contribution in [2.75, 3.05) is 11.9 Å². The summed E-state index contributed by atoms with van der Waals surface area (Å²) in [5.41, 5.74) is 0.695. The molecule has 5 heteroatoms. The highest BCUT2D eigenvalue weighted by Crippen LogP contribution is 2.05. The number of hydrogen-bond acceptors (Lipinski definition) is 3. The Balaban J connectivity index is 2.44. The van der Waals surface area contributed by atoms with Gasteiger partial charge < -0.3 is 10.4 Å². The Labute approximate surface area is 106 Å². The molecule has 0 saturated heterocycles. The molecule has 0 aliphatic heterocycles. The number of amides is 1. The largest absolute Gasteiger partial charge is 0.480 e. The van der Waals surface area contributed by atoms with Crippen molar-refractivity contribution in [3.05, 3.63) is 30.3 Å². The smallest absolute Gasteiger partial charge is 0.320 e. The molecular formula is C13H18N2O3. The molecule has 0 aromatic heterocycles. The van der Waals surface area contributed by atoms with E-state index in [1.165, 1.54) is 0 Å². The first-order chi connectivity index (χ1) is 8.50. The first-order valence-corrected chi connectivity index (χ1v) is 5.82. The van der Waals surface area contributed by atoms with E-state index in [4.69, 9.17) is 5.11 Å². The van der Waals surface area contributed by atoms with Gasteiger partial charge in [0.1, 0.15) is 6.04 Å². The van der Waals surface area contributed by atoms with Gasteiger partial charge in [0.2, 0.25) is 5.91 Å². The van der Waals surface area contributed by atoms with Gasteiger partial charge in [-0.05, 0) is 18.1 Å². The fourth-order valence-electron chi connectivity index (χ4n) is 1.54. The number of nitrogens with one attached hydrogen (secondary N) is 2. The lowest BCUT2D eigenvalue weighted by atomic mass is 10.1. The number of hydrogen-bond donors (Lipinski definition) is 3. The van der Waals surface area contributed by atoms with Crippen LogP contribution >= 0.6 is 0 Å². The van der Waals surface area contributed by atoms with E-state index in [2.05, 4.69) is 10.6 Å². The number of anilines is 1. The summed E-state index contributed by atoms with van der Waals surface area (Å²) in [6.07, 6.45) is 0.